The number of carbonyl (C=O) groups is 1. The Kier molecular flexibility index (Phi) is 2.58. The van der Waals surface area contributed by atoms with Crippen LogP contribution in [0.15, 0.2) is 30.5 Å². The molecule has 15 heavy (non-hydrogen) atoms. The van der Waals surface area contributed by atoms with Crippen LogP contribution >= 0.6 is 0 Å². The molecule has 1 heterocycles. The molecule has 0 radical (unpaired) electrons. The molecule has 2 nitrogen and oxygen atoms in total. The van der Waals surface area contributed by atoms with Crippen molar-refractivity contribution in [3.05, 3.63) is 36.0 Å². The fourth-order valence-electron chi connectivity index (χ4n) is 1.73. The van der Waals surface area contributed by atoms with E-state index >= 15 is 0 Å². The second kappa shape index (κ2) is 3.89. The minimum absolute atomic E-state index is 0.101. The average Bonchev–Trinajstić information content (AvgIpc) is 2.70. The number of hydrogen-bond donors (Lipinski definition) is 1. The lowest BCUT2D eigenvalue weighted by Crippen LogP contribution is -2.09. The van der Waals surface area contributed by atoms with Gasteiger partial charge in [-0.3, -0.25) is 4.79 Å². The molecular weight excluding hydrogens is 186 g/mol. The first kappa shape index (κ1) is 9.97. The van der Waals surface area contributed by atoms with Crippen LogP contribution in [-0.2, 0) is 0 Å². The van der Waals surface area contributed by atoms with Crippen LogP contribution < -0.4 is 0 Å². The van der Waals surface area contributed by atoms with E-state index in [0.717, 1.165) is 22.9 Å². The van der Waals surface area contributed by atoms with Crippen LogP contribution in [0.4, 0.5) is 0 Å². The highest BCUT2D eigenvalue weighted by Crippen LogP contribution is 2.21. The number of carbonyl (C=O) groups excluding carboxylic acids is 1. The highest BCUT2D eigenvalue weighted by molar-refractivity contribution is 6.08. The molecule has 2 aromatic rings. The Morgan fingerprint density at radius 3 is 2.87 bits per heavy atom. The molecule has 1 atom stereocenters. The number of aromatic amines is 1. The van der Waals surface area contributed by atoms with E-state index in [2.05, 4.69) is 4.98 Å². The van der Waals surface area contributed by atoms with Crippen molar-refractivity contribution in [2.24, 2.45) is 5.92 Å². The molecule has 0 saturated carbocycles. The number of aromatic nitrogens is 1. The first-order valence-electron chi connectivity index (χ1n) is 5.34. The first-order chi connectivity index (χ1) is 7.24. The molecular formula is C13H15NO. The molecule has 1 N–H and O–H groups in total. The Labute approximate surface area is 89.3 Å². The summed E-state index contributed by atoms with van der Waals surface area (Å²) in [4.78, 5) is 15.2. The molecule has 0 amide bonds. The number of hydrogen-bond acceptors (Lipinski definition) is 1. The topological polar surface area (TPSA) is 32.9 Å². The molecule has 0 aliphatic heterocycles. The monoisotopic (exact) mass is 201 g/mol. The van der Waals surface area contributed by atoms with Crippen LogP contribution in [-0.4, -0.2) is 10.8 Å². The van der Waals surface area contributed by atoms with E-state index in [1.807, 2.05) is 44.3 Å². The van der Waals surface area contributed by atoms with Gasteiger partial charge in [0, 0.05) is 28.6 Å². The maximum Gasteiger partial charge on any atom is 0.167 e. The molecule has 78 valence electrons. The van der Waals surface area contributed by atoms with Crippen molar-refractivity contribution in [1.29, 1.82) is 0 Å². The van der Waals surface area contributed by atoms with Crippen molar-refractivity contribution in [2.45, 2.75) is 20.3 Å². The summed E-state index contributed by atoms with van der Waals surface area (Å²) in [6, 6.07) is 7.91. The molecule has 0 fully saturated rings. The van der Waals surface area contributed by atoms with Crippen molar-refractivity contribution in [1.82, 2.24) is 4.98 Å². The highest BCUT2D eigenvalue weighted by Gasteiger charge is 2.16. The summed E-state index contributed by atoms with van der Waals surface area (Å²) in [5.74, 6) is 0.333. The SMILES string of the molecule is CCC(C)C(=O)c1c[nH]c2ccccc12. The molecule has 0 spiro atoms. The van der Waals surface area contributed by atoms with Crippen LogP contribution in [0.2, 0.25) is 0 Å². The third kappa shape index (κ3) is 1.67. The van der Waals surface area contributed by atoms with Crippen LogP contribution in [0.25, 0.3) is 10.9 Å². The third-order valence-corrected chi connectivity index (χ3v) is 2.91. The number of fused-ring (bicyclic) bond motifs is 1. The third-order valence-electron chi connectivity index (χ3n) is 2.91. The van der Waals surface area contributed by atoms with E-state index in [1.54, 1.807) is 0 Å². The van der Waals surface area contributed by atoms with Crippen LogP contribution in [0.3, 0.4) is 0 Å². The summed E-state index contributed by atoms with van der Waals surface area (Å²) in [6.07, 6.45) is 2.71. The van der Waals surface area contributed by atoms with Crippen molar-refractivity contribution in [3.8, 4) is 0 Å². The number of H-pyrrole nitrogens is 1. The molecule has 1 unspecified atom stereocenters. The molecule has 1 aromatic carbocycles. The minimum Gasteiger partial charge on any atom is -0.360 e. The summed E-state index contributed by atoms with van der Waals surface area (Å²) < 4.78 is 0. The molecule has 1 aromatic heterocycles. The van der Waals surface area contributed by atoms with E-state index < -0.39 is 0 Å². The summed E-state index contributed by atoms with van der Waals surface area (Å²) in [7, 11) is 0. The van der Waals surface area contributed by atoms with Gasteiger partial charge in [-0.05, 0) is 12.5 Å². The molecule has 0 aliphatic carbocycles. The van der Waals surface area contributed by atoms with Crippen LogP contribution in [0.1, 0.15) is 30.6 Å². The fourth-order valence-corrected chi connectivity index (χ4v) is 1.73. The van der Waals surface area contributed by atoms with E-state index in [9.17, 15) is 4.79 Å². The van der Waals surface area contributed by atoms with Gasteiger partial charge < -0.3 is 4.98 Å². The number of benzene rings is 1. The zero-order valence-electron chi connectivity index (χ0n) is 9.08. The van der Waals surface area contributed by atoms with Gasteiger partial charge in [0.25, 0.3) is 0 Å². The quantitative estimate of drug-likeness (QED) is 0.758. The Bertz CT molecular complexity index is 484. The van der Waals surface area contributed by atoms with Crippen molar-refractivity contribution in [3.63, 3.8) is 0 Å². The van der Waals surface area contributed by atoms with Gasteiger partial charge in [-0.2, -0.15) is 0 Å². The Balaban J connectivity index is 2.48. The molecule has 0 aliphatic rings. The largest absolute Gasteiger partial charge is 0.360 e. The predicted octanol–water partition coefficient (Wildman–Crippen LogP) is 3.40. The maximum absolute atomic E-state index is 12.0. The molecule has 2 heteroatoms. The van der Waals surface area contributed by atoms with Gasteiger partial charge in [0.15, 0.2) is 5.78 Å². The summed E-state index contributed by atoms with van der Waals surface area (Å²) in [5.41, 5.74) is 1.85. The molecule has 2 rings (SSSR count). The predicted molar refractivity (Wildman–Crippen MR) is 62.1 cm³/mol. The van der Waals surface area contributed by atoms with Gasteiger partial charge in [0.2, 0.25) is 0 Å². The maximum atomic E-state index is 12.0. The number of ketones is 1. The molecule has 0 saturated heterocycles. The van der Waals surface area contributed by atoms with E-state index in [4.69, 9.17) is 0 Å². The number of para-hydroxylation sites is 1. The second-order valence-corrected chi connectivity index (χ2v) is 3.92. The Morgan fingerprint density at radius 1 is 1.40 bits per heavy atom. The average molecular weight is 201 g/mol. The first-order valence-corrected chi connectivity index (χ1v) is 5.34. The Morgan fingerprint density at radius 2 is 2.13 bits per heavy atom. The van der Waals surface area contributed by atoms with Gasteiger partial charge in [0.05, 0.1) is 0 Å². The van der Waals surface area contributed by atoms with Crippen molar-refractivity contribution >= 4 is 16.7 Å². The normalized spacial score (nSPS) is 12.9. The van der Waals surface area contributed by atoms with E-state index in [-0.39, 0.29) is 11.7 Å². The second-order valence-electron chi connectivity index (χ2n) is 3.92. The zero-order valence-corrected chi connectivity index (χ0v) is 9.08. The lowest BCUT2D eigenvalue weighted by Gasteiger charge is -2.05. The summed E-state index contributed by atoms with van der Waals surface area (Å²) >= 11 is 0. The number of Topliss-reactive ketones (excluding diaryl/α,β-unsaturated/α-hetero) is 1. The van der Waals surface area contributed by atoms with Gasteiger partial charge in [-0.15, -0.1) is 0 Å². The van der Waals surface area contributed by atoms with Gasteiger partial charge in [-0.25, -0.2) is 0 Å². The standard InChI is InChI=1S/C13H15NO/c1-3-9(2)13(15)11-8-14-12-7-5-4-6-10(11)12/h4-9,14H,3H2,1-2H3. The summed E-state index contributed by atoms with van der Waals surface area (Å²) in [6.45, 7) is 4.02. The van der Waals surface area contributed by atoms with Gasteiger partial charge in [0.1, 0.15) is 0 Å². The fraction of sp³-hybridized carbons (Fsp3) is 0.308. The minimum atomic E-state index is 0.101. The Hall–Kier alpha value is -1.57. The van der Waals surface area contributed by atoms with Crippen LogP contribution in [0, 0.1) is 5.92 Å². The van der Waals surface area contributed by atoms with Crippen molar-refractivity contribution < 1.29 is 4.79 Å². The van der Waals surface area contributed by atoms with Gasteiger partial charge in [-0.1, -0.05) is 32.0 Å². The molecule has 0 bridgehead atoms. The zero-order chi connectivity index (χ0) is 10.8. The lowest BCUT2D eigenvalue weighted by atomic mass is 9.97. The van der Waals surface area contributed by atoms with Crippen LogP contribution in [0.5, 0.6) is 0 Å². The number of rotatable bonds is 3. The number of nitrogens with one attached hydrogen (secondary N) is 1. The lowest BCUT2D eigenvalue weighted by molar-refractivity contribution is 0.0929. The van der Waals surface area contributed by atoms with E-state index in [0.29, 0.717) is 0 Å². The smallest absolute Gasteiger partial charge is 0.167 e. The van der Waals surface area contributed by atoms with Crippen molar-refractivity contribution in [2.75, 3.05) is 0 Å². The highest BCUT2D eigenvalue weighted by atomic mass is 16.1. The van der Waals surface area contributed by atoms with E-state index in [1.165, 1.54) is 0 Å². The summed E-state index contributed by atoms with van der Waals surface area (Å²) in [5, 5.41) is 1.03. The van der Waals surface area contributed by atoms with Gasteiger partial charge >= 0.3 is 0 Å².